The summed E-state index contributed by atoms with van der Waals surface area (Å²) in [4.78, 5) is 12.2. The monoisotopic (exact) mass is 412 g/mol. The number of hydrogen-bond donors (Lipinski definition) is 1. The van der Waals surface area contributed by atoms with Crippen molar-refractivity contribution in [2.45, 2.75) is 24.4 Å². The van der Waals surface area contributed by atoms with Gasteiger partial charge in [0.25, 0.3) is 15.9 Å². The average Bonchev–Trinajstić information content (AvgIpc) is 3.09. The summed E-state index contributed by atoms with van der Waals surface area (Å²) >= 11 is 3.34. The van der Waals surface area contributed by atoms with Crippen LogP contribution >= 0.6 is 15.9 Å². The Balaban J connectivity index is 1.77. The third kappa shape index (κ3) is 3.55. The van der Waals surface area contributed by atoms with Crippen molar-refractivity contribution < 1.29 is 17.6 Å². The van der Waals surface area contributed by atoms with E-state index in [0.717, 1.165) is 23.7 Å². The first kappa shape index (κ1) is 17.2. The molecule has 0 bridgehead atoms. The number of furan rings is 1. The summed E-state index contributed by atoms with van der Waals surface area (Å²) in [6.45, 7) is 0.975. The number of hydrogen-bond acceptors (Lipinski definition) is 4. The van der Waals surface area contributed by atoms with Crippen molar-refractivity contribution in [3.05, 3.63) is 46.6 Å². The number of carbonyl (C=O) groups is 1. The number of anilines is 1. The lowest BCUT2D eigenvalue weighted by molar-refractivity contribution is 0.0991. The van der Waals surface area contributed by atoms with Crippen LogP contribution in [-0.2, 0) is 10.0 Å². The van der Waals surface area contributed by atoms with Crippen molar-refractivity contribution in [3.63, 3.8) is 0 Å². The van der Waals surface area contributed by atoms with Crippen molar-refractivity contribution >= 4 is 37.5 Å². The maximum Gasteiger partial charge on any atom is 0.291 e. The van der Waals surface area contributed by atoms with Crippen molar-refractivity contribution in [3.8, 4) is 0 Å². The van der Waals surface area contributed by atoms with Crippen LogP contribution in [0.3, 0.4) is 0 Å². The molecule has 128 valence electrons. The van der Waals surface area contributed by atoms with Gasteiger partial charge in [-0.3, -0.25) is 4.79 Å². The van der Waals surface area contributed by atoms with E-state index in [1.807, 2.05) is 6.07 Å². The molecule has 1 fully saturated rings. The van der Waals surface area contributed by atoms with Gasteiger partial charge in [0, 0.05) is 17.6 Å². The maximum atomic E-state index is 12.5. The number of sulfonamides is 1. The SMILES string of the molecule is O=C(Nc1ccccc1Br)c1ccc(S(=O)(=O)N2CCCCC2)o1. The molecule has 8 heteroatoms. The van der Waals surface area contributed by atoms with Crippen LogP contribution < -0.4 is 5.32 Å². The number of para-hydroxylation sites is 1. The van der Waals surface area contributed by atoms with Crippen LogP contribution in [0.2, 0.25) is 0 Å². The Hall–Kier alpha value is -1.64. The molecule has 1 aromatic carbocycles. The molecule has 1 saturated heterocycles. The van der Waals surface area contributed by atoms with Gasteiger partial charge in [-0.2, -0.15) is 4.31 Å². The first-order valence-corrected chi connectivity index (χ1v) is 9.87. The zero-order valence-corrected chi connectivity index (χ0v) is 15.3. The molecule has 0 atom stereocenters. The van der Waals surface area contributed by atoms with Gasteiger partial charge in [-0.25, -0.2) is 8.42 Å². The van der Waals surface area contributed by atoms with Gasteiger partial charge in [0.1, 0.15) is 0 Å². The molecule has 0 spiro atoms. The zero-order valence-electron chi connectivity index (χ0n) is 12.9. The summed E-state index contributed by atoms with van der Waals surface area (Å²) in [6, 6.07) is 9.85. The Kier molecular flexibility index (Phi) is 5.07. The summed E-state index contributed by atoms with van der Waals surface area (Å²) in [6.07, 6.45) is 2.72. The third-order valence-corrected chi connectivity index (χ3v) is 6.30. The minimum Gasteiger partial charge on any atom is -0.438 e. The molecule has 1 amide bonds. The van der Waals surface area contributed by atoms with Gasteiger partial charge in [-0.1, -0.05) is 18.6 Å². The van der Waals surface area contributed by atoms with Crippen molar-refractivity contribution in [2.75, 3.05) is 18.4 Å². The largest absolute Gasteiger partial charge is 0.438 e. The standard InChI is InChI=1S/C16H17BrN2O4S/c17-12-6-2-3-7-13(12)18-16(20)14-8-9-15(23-14)24(21,22)19-10-4-1-5-11-19/h2-3,6-9H,1,4-5,10-11H2,(H,18,20). The van der Waals surface area contributed by atoms with E-state index in [1.165, 1.54) is 16.4 Å². The number of piperidine rings is 1. The lowest BCUT2D eigenvalue weighted by atomic mass is 10.2. The van der Waals surface area contributed by atoms with E-state index in [-0.39, 0.29) is 10.9 Å². The Morgan fingerprint density at radius 3 is 2.50 bits per heavy atom. The molecular formula is C16H17BrN2O4S. The van der Waals surface area contributed by atoms with Crippen LogP contribution in [0.15, 0.2) is 50.4 Å². The highest BCUT2D eigenvalue weighted by Crippen LogP contribution is 2.25. The van der Waals surface area contributed by atoms with Gasteiger partial charge in [0.05, 0.1) is 5.69 Å². The summed E-state index contributed by atoms with van der Waals surface area (Å²) in [5.41, 5.74) is 0.583. The zero-order chi connectivity index (χ0) is 17.2. The highest BCUT2D eigenvalue weighted by atomic mass is 79.9. The fraction of sp³-hybridized carbons (Fsp3) is 0.312. The van der Waals surface area contributed by atoms with E-state index < -0.39 is 15.9 Å². The van der Waals surface area contributed by atoms with E-state index in [2.05, 4.69) is 21.2 Å². The minimum absolute atomic E-state index is 0.0404. The fourth-order valence-electron chi connectivity index (χ4n) is 2.56. The minimum atomic E-state index is -3.68. The Labute approximate surface area is 149 Å². The van der Waals surface area contributed by atoms with Crippen LogP contribution in [0.25, 0.3) is 0 Å². The molecule has 24 heavy (non-hydrogen) atoms. The number of benzene rings is 1. The fourth-order valence-corrected chi connectivity index (χ4v) is 4.37. The molecule has 2 aromatic rings. The maximum absolute atomic E-state index is 12.5. The lowest BCUT2D eigenvalue weighted by Gasteiger charge is -2.24. The molecule has 0 aliphatic carbocycles. The molecule has 0 radical (unpaired) electrons. The van der Waals surface area contributed by atoms with Gasteiger partial charge in [0.15, 0.2) is 5.76 Å². The molecule has 2 heterocycles. The Morgan fingerprint density at radius 2 is 1.79 bits per heavy atom. The predicted octanol–water partition coefficient (Wildman–Crippen LogP) is 3.47. The third-order valence-electron chi connectivity index (χ3n) is 3.84. The first-order chi connectivity index (χ1) is 11.5. The summed E-state index contributed by atoms with van der Waals surface area (Å²) in [7, 11) is -3.68. The van der Waals surface area contributed by atoms with Crippen LogP contribution in [0.4, 0.5) is 5.69 Å². The highest BCUT2D eigenvalue weighted by molar-refractivity contribution is 9.10. The molecule has 6 nitrogen and oxygen atoms in total. The van der Waals surface area contributed by atoms with Crippen molar-refractivity contribution in [2.24, 2.45) is 0 Å². The smallest absolute Gasteiger partial charge is 0.291 e. The number of carbonyl (C=O) groups excluding carboxylic acids is 1. The quantitative estimate of drug-likeness (QED) is 0.833. The van der Waals surface area contributed by atoms with E-state index >= 15 is 0 Å². The van der Waals surface area contributed by atoms with Gasteiger partial charge >= 0.3 is 0 Å². The van der Waals surface area contributed by atoms with Crippen LogP contribution in [0, 0.1) is 0 Å². The van der Waals surface area contributed by atoms with E-state index in [9.17, 15) is 13.2 Å². The number of halogens is 1. The molecule has 1 aromatic heterocycles. The average molecular weight is 413 g/mol. The molecule has 1 N–H and O–H groups in total. The Bertz CT molecular complexity index is 841. The summed E-state index contributed by atoms with van der Waals surface area (Å²) < 4.78 is 32.5. The number of nitrogens with zero attached hydrogens (tertiary/aromatic N) is 1. The topological polar surface area (TPSA) is 79.6 Å². The van der Waals surface area contributed by atoms with Crippen LogP contribution in [0.5, 0.6) is 0 Å². The summed E-state index contributed by atoms with van der Waals surface area (Å²) in [5, 5.41) is 2.49. The van der Waals surface area contributed by atoms with Crippen LogP contribution in [0.1, 0.15) is 29.8 Å². The molecule has 3 rings (SSSR count). The van der Waals surface area contributed by atoms with E-state index in [1.54, 1.807) is 18.2 Å². The van der Waals surface area contributed by atoms with Crippen molar-refractivity contribution in [1.82, 2.24) is 4.31 Å². The highest BCUT2D eigenvalue weighted by Gasteiger charge is 2.29. The second-order valence-electron chi connectivity index (χ2n) is 5.52. The van der Waals surface area contributed by atoms with Gasteiger partial charge in [-0.15, -0.1) is 0 Å². The van der Waals surface area contributed by atoms with Crippen molar-refractivity contribution in [1.29, 1.82) is 0 Å². The molecular weight excluding hydrogens is 396 g/mol. The molecule has 0 unspecified atom stereocenters. The normalized spacial score (nSPS) is 16.0. The second kappa shape index (κ2) is 7.08. The Morgan fingerprint density at radius 1 is 1.08 bits per heavy atom. The lowest BCUT2D eigenvalue weighted by Crippen LogP contribution is -2.35. The second-order valence-corrected chi connectivity index (χ2v) is 8.24. The van der Waals surface area contributed by atoms with Gasteiger partial charge in [-0.05, 0) is 53.0 Å². The first-order valence-electron chi connectivity index (χ1n) is 7.64. The van der Waals surface area contributed by atoms with Crippen LogP contribution in [-0.4, -0.2) is 31.7 Å². The predicted molar refractivity (Wildman–Crippen MR) is 93.4 cm³/mol. The van der Waals surface area contributed by atoms with Gasteiger partial charge < -0.3 is 9.73 Å². The summed E-state index contributed by atoms with van der Waals surface area (Å²) in [5.74, 6) is -0.539. The molecule has 0 saturated carbocycles. The van der Waals surface area contributed by atoms with Gasteiger partial charge in [0.2, 0.25) is 5.09 Å². The number of nitrogens with one attached hydrogen (secondary N) is 1. The molecule has 1 aliphatic heterocycles. The number of amides is 1. The number of rotatable bonds is 4. The molecule has 1 aliphatic rings. The van der Waals surface area contributed by atoms with E-state index in [4.69, 9.17) is 4.42 Å². The van der Waals surface area contributed by atoms with E-state index in [0.29, 0.717) is 18.8 Å².